The van der Waals surface area contributed by atoms with Crippen LogP contribution in [0.25, 0.3) is 11.1 Å². The van der Waals surface area contributed by atoms with Crippen LogP contribution in [0.15, 0.2) is 30.6 Å². The molecular weight excluding hydrogens is 261 g/mol. The van der Waals surface area contributed by atoms with Gasteiger partial charge in [0, 0.05) is 37.0 Å². The molecule has 0 saturated carbocycles. The van der Waals surface area contributed by atoms with Gasteiger partial charge < -0.3 is 4.90 Å². The first-order valence-corrected chi connectivity index (χ1v) is 5.99. The minimum atomic E-state index is -0.436. The van der Waals surface area contributed by atoms with Crippen LogP contribution in [0.3, 0.4) is 0 Å². The molecule has 0 atom stereocenters. The van der Waals surface area contributed by atoms with E-state index in [0.29, 0.717) is 17.4 Å². The summed E-state index contributed by atoms with van der Waals surface area (Å²) in [4.78, 5) is 23.8. The van der Waals surface area contributed by atoms with Crippen molar-refractivity contribution in [2.24, 2.45) is 0 Å². The van der Waals surface area contributed by atoms with Gasteiger partial charge in [0.05, 0.1) is 6.20 Å². The summed E-state index contributed by atoms with van der Waals surface area (Å²) >= 11 is 0. The molecule has 0 saturated heterocycles. The van der Waals surface area contributed by atoms with Crippen LogP contribution in [0.4, 0.5) is 4.39 Å². The number of rotatable bonds is 4. The number of carbonyl (C=O) groups excluding carboxylic acids is 2. The van der Waals surface area contributed by atoms with Crippen LogP contribution in [0.5, 0.6) is 0 Å². The van der Waals surface area contributed by atoms with Gasteiger partial charge in [0.2, 0.25) is 5.91 Å². The van der Waals surface area contributed by atoms with Gasteiger partial charge in [0.1, 0.15) is 18.6 Å². The number of hydrogen-bond acceptors (Lipinski definition) is 3. The summed E-state index contributed by atoms with van der Waals surface area (Å²) in [6, 6.07) is 4.10. The number of likely N-dealkylation sites (N-methyl/N-ethyl adjacent to an activating group) is 1. The highest BCUT2D eigenvalue weighted by atomic mass is 19.1. The van der Waals surface area contributed by atoms with E-state index in [1.165, 1.54) is 34.0 Å². The third-order valence-electron chi connectivity index (χ3n) is 2.87. The van der Waals surface area contributed by atoms with Crippen LogP contribution in [-0.4, -0.2) is 41.0 Å². The summed E-state index contributed by atoms with van der Waals surface area (Å²) < 4.78 is 15.2. The molecule has 0 N–H and O–H groups in total. The molecule has 0 spiro atoms. The van der Waals surface area contributed by atoms with Gasteiger partial charge in [-0.3, -0.25) is 14.3 Å². The monoisotopic (exact) mass is 275 g/mol. The van der Waals surface area contributed by atoms with Crippen LogP contribution in [0.1, 0.15) is 10.4 Å². The van der Waals surface area contributed by atoms with Crippen LogP contribution in [0.2, 0.25) is 0 Å². The lowest BCUT2D eigenvalue weighted by Gasteiger charge is -2.09. The van der Waals surface area contributed by atoms with E-state index in [2.05, 4.69) is 5.10 Å². The first kappa shape index (κ1) is 13.9. The molecule has 0 aliphatic carbocycles. The van der Waals surface area contributed by atoms with Crippen LogP contribution >= 0.6 is 0 Å². The molecule has 0 unspecified atom stereocenters. The fraction of sp³-hybridized carbons (Fsp3) is 0.214. The van der Waals surface area contributed by atoms with Crippen molar-refractivity contribution in [2.75, 3.05) is 14.1 Å². The van der Waals surface area contributed by atoms with E-state index in [4.69, 9.17) is 0 Å². The van der Waals surface area contributed by atoms with E-state index >= 15 is 0 Å². The van der Waals surface area contributed by atoms with E-state index in [1.54, 1.807) is 20.3 Å². The molecule has 0 radical (unpaired) electrons. The SMILES string of the molecule is CN(C)C(=O)Cn1cc(-c2cc(C=O)ccc2F)cn1. The van der Waals surface area contributed by atoms with Gasteiger partial charge in [-0.25, -0.2) is 4.39 Å². The lowest BCUT2D eigenvalue weighted by atomic mass is 10.1. The summed E-state index contributed by atoms with van der Waals surface area (Å²) in [5, 5.41) is 4.03. The first-order valence-electron chi connectivity index (χ1n) is 5.99. The van der Waals surface area contributed by atoms with Crippen molar-refractivity contribution >= 4 is 12.2 Å². The van der Waals surface area contributed by atoms with Gasteiger partial charge in [0.25, 0.3) is 0 Å². The van der Waals surface area contributed by atoms with Crippen molar-refractivity contribution < 1.29 is 14.0 Å². The molecule has 1 aromatic heterocycles. The van der Waals surface area contributed by atoms with Gasteiger partial charge in [-0.1, -0.05) is 0 Å². The van der Waals surface area contributed by atoms with Crippen molar-refractivity contribution in [1.29, 1.82) is 0 Å². The van der Waals surface area contributed by atoms with Crippen molar-refractivity contribution in [3.05, 3.63) is 42.0 Å². The van der Waals surface area contributed by atoms with Gasteiger partial charge in [0.15, 0.2) is 0 Å². The molecule has 104 valence electrons. The average molecular weight is 275 g/mol. The summed E-state index contributed by atoms with van der Waals surface area (Å²) in [5.41, 5.74) is 1.20. The molecule has 1 heterocycles. The summed E-state index contributed by atoms with van der Waals surface area (Å²) in [7, 11) is 3.31. The van der Waals surface area contributed by atoms with Gasteiger partial charge >= 0.3 is 0 Å². The van der Waals surface area contributed by atoms with E-state index in [0.717, 1.165) is 0 Å². The van der Waals surface area contributed by atoms with Crippen molar-refractivity contribution in [2.45, 2.75) is 6.54 Å². The quantitative estimate of drug-likeness (QED) is 0.796. The summed E-state index contributed by atoms with van der Waals surface area (Å²) in [6.45, 7) is 0.0853. The van der Waals surface area contributed by atoms with Crippen molar-refractivity contribution in [1.82, 2.24) is 14.7 Å². The molecular formula is C14H14FN3O2. The van der Waals surface area contributed by atoms with Crippen molar-refractivity contribution in [3.63, 3.8) is 0 Å². The van der Waals surface area contributed by atoms with Crippen LogP contribution in [0, 0.1) is 5.82 Å². The Morgan fingerprint density at radius 2 is 2.20 bits per heavy atom. The van der Waals surface area contributed by atoms with Crippen molar-refractivity contribution in [3.8, 4) is 11.1 Å². The smallest absolute Gasteiger partial charge is 0.243 e. The zero-order valence-electron chi connectivity index (χ0n) is 11.2. The third kappa shape index (κ3) is 2.90. The van der Waals surface area contributed by atoms with E-state index in [-0.39, 0.29) is 18.0 Å². The van der Waals surface area contributed by atoms with Crippen LogP contribution in [-0.2, 0) is 11.3 Å². The van der Waals surface area contributed by atoms with Gasteiger partial charge in [-0.2, -0.15) is 5.10 Å². The summed E-state index contributed by atoms with van der Waals surface area (Å²) in [5.74, 6) is -0.546. The molecule has 0 fully saturated rings. The number of hydrogen-bond donors (Lipinski definition) is 0. The number of benzene rings is 1. The number of aromatic nitrogens is 2. The Labute approximate surface area is 115 Å². The lowest BCUT2D eigenvalue weighted by Crippen LogP contribution is -2.26. The van der Waals surface area contributed by atoms with E-state index < -0.39 is 5.82 Å². The number of amides is 1. The zero-order valence-corrected chi connectivity index (χ0v) is 11.2. The Morgan fingerprint density at radius 1 is 1.45 bits per heavy atom. The number of carbonyl (C=O) groups is 2. The topological polar surface area (TPSA) is 55.2 Å². The molecule has 1 aromatic carbocycles. The first-order chi connectivity index (χ1) is 9.51. The Morgan fingerprint density at radius 3 is 2.85 bits per heavy atom. The highest BCUT2D eigenvalue weighted by Crippen LogP contribution is 2.23. The molecule has 2 aromatic rings. The molecule has 2 rings (SSSR count). The standard InChI is InChI=1S/C14H14FN3O2/c1-17(2)14(20)8-18-7-11(6-16-18)12-5-10(9-19)3-4-13(12)15/h3-7,9H,8H2,1-2H3. The van der Waals surface area contributed by atoms with Gasteiger partial charge in [-0.05, 0) is 18.2 Å². The maximum Gasteiger partial charge on any atom is 0.243 e. The highest BCUT2D eigenvalue weighted by Gasteiger charge is 2.11. The fourth-order valence-electron chi connectivity index (χ4n) is 1.71. The molecule has 20 heavy (non-hydrogen) atoms. The highest BCUT2D eigenvalue weighted by molar-refractivity contribution is 5.79. The molecule has 0 aliphatic heterocycles. The average Bonchev–Trinajstić information content (AvgIpc) is 2.87. The zero-order chi connectivity index (χ0) is 14.7. The minimum absolute atomic E-state index is 0.0853. The van der Waals surface area contributed by atoms with E-state index in [1.807, 2.05) is 0 Å². The number of nitrogens with zero attached hydrogens (tertiary/aromatic N) is 3. The molecule has 0 bridgehead atoms. The second-order valence-corrected chi connectivity index (χ2v) is 4.57. The molecule has 0 aliphatic rings. The number of halogens is 1. The van der Waals surface area contributed by atoms with E-state index in [9.17, 15) is 14.0 Å². The molecule has 5 nitrogen and oxygen atoms in total. The second-order valence-electron chi connectivity index (χ2n) is 4.57. The summed E-state index contributed by atoms with van der Waals surface area (Å²) in [6.07, 6.45) is 3.70. The third-order valence-corrected chi connectivity index (χ3v) is 2.87. The maximum absolute atomic E-state index is 13.8. The minimum Gasteiger partial charge on any atom is -0.347 e. The largest absolute Gasteiger partial charge is 0.347 e. The fourth-order valence-corrected chi connectivity index (χ4v) is 1.71. The normalized spacial score (nSPS) is 10.3. The lowest BCUT2D eigenvalue weighted by molar-refractivity contribution is -0.129. The predicted molar refractivity (Wildman–Crippen MR) is 71.7 cm³/mol. The Kier molecular flexibility index (Phi) is 3.93. The maximum atomic E-state index is 13.8. The molecule has 1 amide bonds. The van der Waals surface area contributed by atoms with Gasteiger partial charge in [-0.15, -0.1) is 0 Å². The predicted octanol–water partition coefficient (Wildman–Crippen LogP) is 1.59. The second kappa shape index (κ2) is 5.64. The van der Waals surface area contributed by atoms with Crippen LogP contribution < -0.4 is 0 Å². The Hall–Kier alpha value is -2.50. The molecule has 6 heteroatoms. The Balaban J connectivity index is 2.29. The number of aldehydes is 1. The Bertz CT molecular complexity index is 650.